The van der Waals surface area contributed by atoms with E-state index in [4.69, 9.17) is 0 Å². The number of unbranched alkanes of at least 4 members (excludes halogenated alkanes) is 1. The molecule has 0 aromatic carbocycles. The number of H-pyrrole nitrogens is 1. The van der Waals surface area contributed by atoms with Crippen LogP contribution in [0.5, 0.6) is 0 Å². The molecule has 0 radical (unpaired) electrons. The van der Waals surface area contributed by atoms with Crippen molar-refractivity contribution in [3.63, 3.8) is 0 Å². The fourth-order valence-corrected chi connectivity index (χ4v) is 3.35. The van der Waals surface area contributed by atoms with Crippen molar-refractivity contribution in [3.8, 4) is 0 Å². The molecule has 144 valence electrons. The second-order valence-corrected chi connectivity index (χ2v) is 8.26. The lowest BCUT2D eigenvalue weighted by molar-refractivity contribution is -0.0491. The highest BCUT2D eigenvalue weighted by Crippen LogP contribution is 2.41. The molecule has 0 bridgehead atoms. The van der Waals surface area contributed by atoms with Gasteiger partial charge in [-0.2, -0.15) is 5.10 Å². The molecule has 0 fully saturated rings. The maximum Gasteiger partial charge on any atom is 0.264 e. The maximum absolute atomic E-state index is 14.7. The molecule has 1 N–H and O–H groups in total. The van der Waals surface area contributed by atoms with E-state index in [9.17, 15) is 13.6 Å². The Kier molecular flexibility index (Phi) is 8.23. The van der Waals surface area contributed by atoms with E-state index in [1.807, 2.05) is 20.8 Å². The van der Waals surface area contributed by atoms with Gasteiger partial charge in [0.25, 0.3) is 5.56 Å². The monoisotopic (exact) mass is 356 g/mol. The molecule has 0 saturated heterocycles. The van der Waals surface area contributed by atoms with Gasteiger partial charge >= 0.3 is 0 Å². The van der Waals surface area contributed by atoms with E-state index in [1.54, 1.807) is 6.07 Å². The van der Waals surface area contributed by atoms with Crippen LogP contribution in [-0.4, -0.2) is 16.1 Å². The van der Waals surface area contributed by atoms with E-state index in [-0.39, 0.29) is 24.3 Å². The highest BCUT2D eigenvalue weighted by atomic mass is 19.3. The molecule has 0 aliphatic rings. The minimum atomic E-state index is -2.74. The molecular weight excluding hydrogens is 322 g/mol. The lowest BCUT2D eigenvalue weighted by atomic mass is 9.75. The number of hydrogen-bond donors (Lipinski definition) is 1. The van der Waals surface area contributed by atoms with Gasteiger partial charge in [0, 0.05) is 24.3 Å². The van der Waals surface area contributed by atoms with E-state index in [0.29, 0.717) is 18.0 Å². The Bertz CT molecular complexity index is 551. The molecule has 2 unspecified atom stereocenters. The number of hydrogen-bond acceptors (Lipinski definition) is 2. The number of halogens is 2. The fourth-order valence-electron chi connectivity index (χ4n) is 3.35. The van der Waals surface area contributed by atoms with Gasteiger partial charge in [-0.3, -0.25) is 4.79 Å². The Morgan fingerprint density at radius 2 is 1.88 bits per heavy atom. The summed E-state index contributed by atoms with van der Waals surface area (Å²) in [6.45, 7) is 10.0. The van der Waals surface area contributed by atoms with Crippen molar-refractivity contribution in [3.05, 3.63) is 28.2 Å². The second-order valence-electron chi connectivity index (χ2n) is 8.26. The molecule has 1 aromatic heterocycles. The van der Waals surface area contributed by atoms with Gasteiger partial charge in [-0.15, -0.1) is 0 Å². The van der Waals surface area contributed by atoms with Gasteiger partial charge in [0.2, 0.25) is 5.92 Å². The minimum absolute atomic E-state index is 0.0104. The number of rotatable bonds is 11. The summed E-state index contributed by atoms with van der Waals surface area (Å²) in [5.41, 5.74) is -0.490. The zero-order valence-corrected chi connectivity index (χ0v) is 16.4. The van der Waals surface area contributed by atoms with Crippen molar-refractivity contribution in [1.82, 2.24) is 10.2 Å². The zero-order valence-electron chi connectivity index (χ0n) is 16.4. The van der Waals surface area contributed by atoms with E-state index in [0.717, 1.165) is 25.7 Å². The van der Waals surface area contributed by atoms with Gasteiger partial charge in [-0.1, -0.05) is 60.3 Å². The number of aromatic nitrogens is 2. The van der Waals surface area contributed by atoms with Crippen LogP contribution < -0.4 is 5.56 Å². The van der Waals surface area contributed by atoms with Crippen molar-refractivity contribution in [1.29, 1.82) is 0 Å². The van der Waals surface area contributed by atoms with Crippen molar-refractivity contribution in [2.75, 3.05) is 0 Å². The zero-order chi connectivity index (χ0) is 19.1. The first-order valence-corrected chi connectivity index (χ1v) is 9.52. The first-order valence-electron chi connectivity index (χ1n) is 9.52. The van der Waals surface area contributed by atoms with E-state index >= 15 is 0 Å². The van der Waals surface area contributed by atoms with Crippen LogP contribution in [0.4, 0.5) is 8.78 Å². The number of alkyl halides is 2. The Hall–Kier alpha value is -1.26. The maximum atomic E-state index is 14.7. The van der Waals surface area contributed by atoms with Gasteiger partial charge in [-0.05, 0) is 24.3 Å². The molecule has 3 nitrogen and oxygen atoms in total. The summed E-state index contributed by atoms with van der Waals surface area (Å²) in [6, 6.07) is 2.97. The standard InChI is InChI=1S/C20H34F2N2O/c1-6-16(4)13-20(21,22)14-19(5,12-8-7-9-15(2)3)17-10-11-18(25)24-23-17/h10-11,15-16H,6-9,12-14H2,1-5H3,(H,24,25). The average molecular weight is 357 g/mol. The molecule has 0 spiro atoms. The van der Waals surface area contributed by atoms with Crippen LogP contribution in [0.25, 0.3) is 0 Å². The summed E-state index contributed by atoms with van der Waals surface area (Å²) in [7, 11) is 0. The molecule has 1 rings (SSSR count). The Morgan fingerprint density at radius 1 is 1.20 bits per heavy atom. The summed E-state index contributed by atoms with van der Waals surface area (Å²) in [5.74, 6) is -2.13. The minimum Gasteiger partial charge on any atom is -0.268 e. The highest BCUT2D eigenvalue weighted by molar-refractivity contribution is 5.14. The van der Waals surface area contributed by atoms with Gasteiger partial charge in [-0.25, -0.2) is 13.9 Å². The molecule has 0 aliphatic heterocycles. The lowest BCUT2D eigenvalue weighted by Gasteiger charge is -2.33. The third-order valence-corrected chi connectivity index (χ3v) is 5.05. The van der Waals surface area contributed by atoms with Crippen LogP contribution in [0.15, 0.2) is 16.9 Å². The summed E-state index contributed by atoms with van der Waals surface area (Å²) in [5, 5.41) is 6.48. The van der Waals surface area contributed by atoms with E-state index in [2.05, 4.69) is 24.0 Å². The number of nitrogens with zero attached hydrogens (tertiary/aromatic N) is 1. The van der Waals surface area contributed by atoms with Gasteiger partial charge in [0.1, 0.15) is 0 Å². The Morgan fingerprint density at radius 3 is 2.40 bits per heavy atom. The van der Waals surface area contributed by atoms with Crippen LogP contribution in [0.3, 0.4) is 0 Å². The first-order chi connectivity index (χ1) is 11.6. The highest BCUT2D eigenvalue weighted by Gasteiger charge is 2.41. The second kappa shape index (κ2) is 9.44. The summed E-state index contributed by atoms with van der Waals surface area (Å²) in [4.78, 5) is 11.3. The van der Waals surface area contributed by atoms with Crippen LogP contribution in [-0.2, 0) is 5.41 Å². The largest absolute Gasteiger partial charge is 0.268 e. The molecule has 2 atom stereocenters. The molecule has 0 aliphatic carbocycles. The predicted octanol–water partition coefficient (Wildman–Crippen LogP) is 5.71. The predicted molar refractivity (Wildman–Crippen MR) is 99.2 cm³/mol. The lowest BCUT2D eigenvalue weighted by Crippen LogP contribution is -2.34. The first kappa shape index (κ1) is 21.8. The summed E-state index contributed by atoms with van der Waals surface area (Å²) in [6.07, 6.45) is 4.06. The van der Waals surface area contributed by atoms with Crippen molar-refractivity contribution >= 4 is 0 Å². The van der Waals surface area contributed by atoms with Crippen molar-refractivity contribution in [2.45, 2.75) is 90.9 Å². The Balaban J connectivity index is 2.93. The molecule has 0 saturated carbocycles. The molecular formula is C20H34F2N2O. The van der Waals surface area contributed by atoms with Gasteiger partial charge < -0.3 is 0 Å². The number of aromatic amines is 1. The SMILES string of the molecule is CCC(C)CC(F)(F)CC(C)(CCCCC(C)C)c1ccc(=O)[nH]n1. The van der Waals surface area contributed by atoms with Crippen molar-refractivity contribution < 1.29 is 8.78 Å². The molecule has 5 heteroatoms. The van der Waals surface area contributed by atoms with Gasteiger partial charge in [0.05, 0.1) is 5.69 Å². The topological polar surface area (TPSA) is 45.8 Å². The fraction of sp³-hybridized carbons (Fsp3) is 0.800. The third kappa shape index (κ3) is 7.66. The van der Waals surface area contributed by atoms with Crippen LogP contribution in [0.2, 0.25) is 0 Å². The average Bonchev–Trinajstić information content (AvgIpc) is 2.51. The number of nitrogens with one attached hydrogen (secondary N) is 1. The molecule has 1 heterocycles. The van der Waals surface area contributed by atoms with Gasteiger partial charge in [0.15, 0.2) is 0 Å². The third-order valence-electron chi connectivity index (χ3n) is 5.05. The quantitative estimate of drug-likeness (QED) is 0.517. The molecule has 25 heavy (non-hydrogen) atoms. The smallest absolute Gasteiger partial charge is 0.264 e. The van der Waals surface area contributed by atoms with E-state index < -0.39 is 11.3 Å². The van der Waals surface area contributed by atoms with Crippen LogP contribution in [0, 0.1) is 11.8 Å². The van der Waals surface area contributed by atoms with Crippen molar-refractivity contribution in [2.24, 2.45) is 11.8 Å². The normalized spacial score (nSPS) is 16.0. The summed E-state index contributed by atoms with van der Waals surface area (Å²) >= 11 is 0. The summed E-state index contributed by atoms with van der Waals surface area (Å²) < 4.78 is 29.3. The molecule has 1 aromatic rings. The van der Waals surface area contributed by atoms with Crippen LogP contribution in [0.1, 0.15) is 85.3 Å². The van der Waals surface area contributed by atoms with E-state index in [1.165, 1.54) is 6.07 Å². The van der Waals surface area contributed by atoms with Crippen LogP contribution >= 0.6 is 0 Å². The molecule has 0 amide bonds. The Labute approximate surface area is 150 Å².